The molecular weight excluding hydrogens is 398 g/mol. The Hall–Kier alpha value is -2.22. The number of morpholine rings is 1. The van der Waals surface area contributed by atoms with E-state index in [1.54, 1.807) is 11.3 Å². The van der Waals surface area contributed by atoms with Gasteiger partial charge in [0, 0.05) is 56.5 Å². The first-order valence-electron chi connectivity index (χ1n) is 10.6. The number of hydrogen-bond donors (Lipinski definition) is 0. The Morgan fingerprint density at radius 1 is 1.30 bits per heavy atom. The van der Waals surface area contributed by atoms with Gasteiger partial charge >= 0.3 is 0 Å². The van der Waals surface area contributed by atoms with Crippen LogP contribution in [0.3, 0.4) is 0 Å². The van der Waals surface area contributed by atoms with E-state index in [9.17, 15) is 4.79 Å². The lowest BCUT2D eigenvalue weighted by Gasteiger charge is -2.47. The van der Waals surface area contributed by atoms with Gasteiger partial charge in [-0.2, -0.15) is 0 Å². The molecule has 2 fully saturated rings. The Kier molecular flexibility index (Phi) is 5.13. The van der Waals surface area contributed by atoms with Crippen LogP contribution < -0.4 is 0 Å². The summed E-state index contributed by atoms with van der Waals surface area (Å²) in [7, 11) is 2.04. The molecule has 1 amide bonds. The molecule has 3 aromatic rings. The van der Waals surface area contributed by atoms with Gasteiger partial charge in [0.05, 0.1) is 29.3 Å². The summed E-state index contributed by atoms with van der Waals surface area (Å²) in [5, 5.41) is 2.09. The summed E-state index contributed by atoms with van der Waals surface area (Å²) in [5.74, 6) is 1.07. The number of aryl methyl sites for hydroxylation is 1. The van der Waals surface area contributed by atoms with Gasteiger partial charge in [-0.3, -0.25) is 4.79 Å². The Morgan fingerprint density at radius 2 is 2.13 bits per heavy atom. The molecular formula is C23H27N3O3S. The molecule has 0 N–H and O–H groups in total. The number of thiophene rings is 1. The molecule has 1 atom stereocenters. The molecule has 1 aromatic carbocycles. The molecule has 0 saturated carbocycles. The maximum atomic E-state index is 13.4. The first-order chi connectivity index (χ1) is 14.5. The standard InChI is InChI=1S/C23H27N3O3S/c1-16-14-26(15-23(29-16)7-9-28-10-8-23)22(27)17-5-6-20-19(12-17)24-21(25(20)2)13-18-4-3-11-30-18/h3-6,11-12,16H,7-10,13-15H2,1-2H3. The lowest BCUT2D eigenvalue weighted by molar-refractivity contribution is -0.176. The van der Waals surface area contributed by atoms with E-state index in [1.165, 1.54) is 4.88 Å². The van der Waals surface area contributed by atoms with E-state index in [1.807, 2.05) is 30.1 Å². The van der Waals surface area contributed by atoms with E-state index < -0.39 is 0 Å². The van der Waals surface area contributed by atoms with Crippen molar-refractivity contribution in [1.82, 2.24) is 14.5 Å². The van der Waals surface area contributed by atoms with Crippen LogP contribution in [0.25, 0.3) is 11.0 Å². The monoisotopic (exact) mass is 425 g/mol. The van der Waals surface area contributed by atoms with Crippen LogP contribution in [0.2, 0.25) is 0 Å². The zero-order chi connectivity index (χ0) is 20.7. The van der Waals surface area contributed by atoms with Crippen LogP contribution in [0.1, 0.15) is 40.8 Å². The topological polar surface area (TPSA) is 56.6 Å². The average molecular weight is 426 g/mol. The fourth-order valence-corrected chi connectivity index (χ4v) is 5.39. The molecule has 0 bridgehead atoms. The fourth-order valence-electron chi connectivity index (χ4n) is 4.69. The van der Waals surface area contributed by atoms with Crippen molar-refractivity contribution in [2.45, 2.75) is 37.9 Å². The van der Waals surface area contributed by atoms with Crippen molar-refractivity contribution in [3.8, 4) is 0 Å². The van der Waals surface area contributed by atoms with E-state index in [2.05, 4.69) is 29.0 Å². The van der Waals surface area contributed by atoms with Gasteiger partial charge in [-0.15, -0.1) is 11.3 Å². The zero-order valence-corrected chi connectivity index (χ0v) is 18.3. The summed E-state index contributed by atoms with van der Waals surface area (Å²) in [6, 6.07) is 10.1. The van der Waals surface area contributed by atoms with Gasteiger partial charge in [0.1, 0.15) is 5.82 Å². The van der Waals surface area contributed by atoms with Crippen molar-refractivity contribution in [1.29, 1.82) is 0 Å². The Morgan fingerprint density at radius 3 is 2.90 bits per heavy atom. The molecule has 1 spiro atoms. The maximum Gasteiger partial charge on any atom is 0.254 e. The van der Waals surface area contributed by atoms with Gasteiger partial charge in [0.2, 0.25) is 0 Å². The predicted molar refractivity (Wildman–Crippen MR) is 117 cm³/mol. The lowest BCUT2D eigenvalue weighted by atomic mass is 9.91. The first kappa shape index (κ1) is 19.7. The second-order valence-corrected chi connectivity index (χ2v) is 9.49. The summed E-state index contributed by atoms with van der Waals surface area (Å²) < 4.78 is 13.9. The Bertz CT molecular complexity index is 1050. The molecule has 0 aliphatic carbocycles. The highest BCUT2D eigenvalue weighted by Crippen LogP contribution is 2.32. The van der Waals surface area contributed by atoms with Gasteiger partial charge in [-0.1, -0.05) is 6.07 Å². The number of imidazole rings is 1. The highest BCUT2D eigenvalue weighted by Gasteiger charge is 2.42. The smallest absolute Gasteiger partial charge is 0.254 e. The van der Waals surface area contributed by atoms with Gasteiger partial charge in [0.25, 0.3) is 5.91 Å². The maximum absolute atomic E-state index is 13.4. The molecule has 1 unspecified atom stereocenters. The van der Waals surface area contributed by atoms with Gasteiger partial charge in [-0.05, 0) is 36.6 Å². The number of rotatable bonds is 3. The van der Waals surface area contributed by atoms with E-state index >= 15 is 0 Å². The molecule has 0 radical (unpaired) electrons. The predicted octanol–water partition coefficient (Wildman–Crippen LogP) is 3.64. The summed E-state index contributed by atoms with van der Waals surface area (Å²) in [4.78, 5) is 21.4. The normalized spacial score (nSPS) is 21.4. The fraction of sp³-hybridized carbons (Fsp3) is 0.478. The number of nitrogens with zero attached hydrogens (tertiary/aromatic N) is 3. The largest absolute Gasteiger partial charge is 0.381 e. The highest BCUT2D eigenvalue weighted by atomic mass is 32.1. The lowest BCUT2D eigenvalue weighted by Crippen LogP contribution is -2.58. The van der Waals surface area contributed by atoms with Crippen LogP contribution in [0.5, 0.6) is 0 Å². The van der Waals surface area contributed by atoms with Gasteiger partial charge in [0.15, 0.2) is 0 Å². The summed E-state index contributed by atoms with van der Waals surface area (Å²) in [6.07, 6.45) is 2.51. The molecule has 2 saturated heterocycles. The second kappa shape index (κ2) is 7.80. The quantitative estimate of drug-likeness (QED) is 0.643. The minimum Gasteiger partial charge on any atom is -0.381 e. The molecule has 2 aromatic heterocycles. The van der Waals surface area contributed by atoms with Crippen LogP contribution in [0, 0.1) is 0 Å². The number of fused-ring (bicyclic) bond motifs is 1. The highest BCUT2D eigenvalue weighted by molar-refractivity contribution is 7.09. The third-order valence-electron chi connectivity index (χ3n) is 6.23. The second-order valence-electron chi connectivity index (χ2n) is 8.46. The van der Waals surface area contributed by atoms with Gasteiger partial charge < -0.3 is 18.9 Å². The van der Waals surface area contributed by atoms with Crippen molar-refractivity contribution in [2.75, 3.05) is 26.3 Å². The third kappa shape index (κ3) is 3.66. The van der Waals surface area contributed by atoms with Crippen LogP contribution in [-0.4, -0.2) is 58.4 Å². The Labute approximate surface area is 180 Å². The van der Waals surface area contributed by atoms with E-state index in [4.69, 9.17) is 14.5 Å². The molecule has 5 rings (SSSR count). The number of carbonyl (C=O) groups is 1. The van der Waals surface area contributed by atoms with E-state index in [0.717, 1.165) is 36.1 Å². The summed E-state index contributed by atoms with van der Waals surface area (Å²) >= 11 is 1.74. The number of amides is 1. The number of benzene rings is 1. The number of hydrogen-bond acceptors (Lipinski definition) is 5. The molecule has 7 heteroatoms. The summed E-state index contributed by atoms with van der Waals surface area (Å²) in [5.41, 5.74) is 2.35. The van der Waals surface area contributed by atoms with Crippen molar-refractivity contribution in [2.24, 2.45) is 7.05 Å². The van der Waals surface area contributed by atoms with Crippen molar-refractivity contribution >= 4 is 28.3 Å². The number of aromatic nitrogens is 2. The SMILES string of the molecule is CC1CN(C(=O)c2ccc3c(c2)nc(Cc2cccs2)n3C)CC2(CCOCC2)O1. The number of carbonyl (C=O) groups excluding carboxylic acids is 1. The first-order valence-corrected chi connectivity index (χ1v) is 11.4. The van der Waals surface area contributed by atoms with Crippen molar-refractivity contribution in [3.05, 3.63) is 52.0 Å². The molecule has 4 heterocycles. The van der Waals surface area contributed by atoms with Gasteiger partial charge in [-0.25, -0.2) is 4.98 Å². The van der Waals surface area contributed by atoms with E-state index in [0.29, 0.717) is 31.9 Å². The van der Waals surface area contributed by atoms with Crippen molar-refractivity contribution in [3.63, 3.8) is 0 Å². The number of ether oxygens (including phenoxy) is 2. The van der Waals surface area contributed by atoms with Crippen LogP contribution in [0.15, 0.2) is 35.7 Å². The molecule has 2 aliphatic rings. The molecule has 2 aliphatic heterocycles. The summed E-state index contributed by atoms with van der Waals surface area (Å²) in [6.45, 7) is 4.69. The van der Waals surface area contributed by atoms with E-state index in [-0.39, 0.29) is 17.6 Å². The molecule has 158 valence electrons. The minimum absolute atomic E-state index is 0.0248. The van der Waals surface area contributed by atoms with Crippen LogP contribution >= 0.6 is 11.3 Å². The molecule has 6 nitrogen and oxygen atoms in total. The minimum atomic E-state index is -0.269. The zero-order valence-electron chi connectivity index (χ0n) is 17.5. The average Bonchev–Trinajstić information content (AvgIpc) is 3.35. The van der Waals surface area contributed by atoms with Crippen LogP contribution in [-0.2, 0) is 22.9 Å². The third-order valence-corrected chi connectivity index (χ3v) is 7.11. The van der Waals surface area contributed by atoms with Crippen molar-refractivity contribution < 1.29 is 14.3 Å². The van der Waals surface area contributed by atoms with Crippen LogP contribution in [0.4, 0.5) is 0 Å². The Balaban J connectivity index is 1.40. The molecule has 30 heavy (non-hydrogen) atoms.